The summed E-state index contributed by atoms with van der Waals surface area (Å²) in [5.41, 5.74) is 7.50. The van der Waals surface area contributed by atoms with E-state index in [1.54, 1.807) is 12.0 Å². The van der Waals surface area contributed by atoms with Crippen molar-refractivity contribution < 1.29 is 9.53 Å². The molecule has 1 aliphatic heterocycles. The summed E-state index contributed by atoms with van der Waals surface area (Å²) >= 11 is 6.12. The average molecular weight is 269 g/mol. The zero-order chi connectivity index (χ0) is 13.1. The van der Waals surface area contributed by atoms with E-state index in [0.29, 0.717) is 19.5 Å². The number of hydrogen-bond acceptors (Lipinski definition) is 3. The molecule has 18 heavy (non-hydrogen) atoms. The van der Waals surface area contributed by atoms with Gasteiger partial charge in [-0.15, -0.1) is 0 Å². The van der Waals surface area contributed by atoms with Crippen molar-refractivity contribution in [1.82, 2.24) is 0 Å². The minimum Gasteiger partial charge on any atom is -0.380 e. The number of fused-ring (bicyclic) bond motifs is 1. The molecule has 0 spiro atoms. The predicted octanol–water partition coefficient (Wildman–Crippen LogP) is 1.59. The van der Waals surface area contributed by atoms with E-state index in [4.69, 9.17) is 22.1 Å². The molecule has 1 aliphatic rings. The van der Waals surface area contributed by atoms with Crippen LogP contribution in [0.15, 0.2) is 18.2 Å². The molecule has 0 saturated heterocycles. The highest BCUT2D eigenvalue weighted by molar-refractivity contribution is 6.32. The number of methoxy groups -OCH3 is 1. The Labute approximate surface area is 112 Å². The van der Waals surface area contributed by atoms with Crippen LogP contribution in [0.2, 0.25) is 5.02 Å². The summed E-state index contributed by atoms with van der Waals surface area (Å²) in [6.45, 7) is 1.03. The highest BCUT2D eigenvalue weighted by Gasteiger charge is 2.27. The molecule has 0 fully saturated rings. The van der Waals surface area contributed by atoms with Crippen LogP contribution in [0.25, 0.3) is 0 Å². The molecule has 2 rings (SSSR count). The monoisotopic (exact) mass is 268 g/mol. The number of nitrogens with two attached hydrogens (primary N) is 1. The van der Waals surface area contributed by atoms with E-state index in [1.165, 1.54) is 0 Å². The Morgan fingerprint density at radius 3 is 3.06 bits per heavy atom. The third kappa shape index (κ3) is 2.51. The van der Waals surface area contributed by atoms with E-state index in [0.717, 1.165) is 22.7 Å². The zero-order valence-electron chi connectivity index (χ0n) is 10.4. The van der Waals surface area contributed by atoms with Crippen LogP contribution in [-0.2, 0) is 16.0 Å². The van der Waals surface area contributed by atoms with E-state index in [2.05, 4.69) is 0 Å². The Balaban J connectivity index is 2.13. The molecule has 0 saturated carbocycles. The number of carbonyl (C=O) groups is 1. The van der Waals surface area contributed by atoms with E-state index < -0.39 is 0 Å². The second kappa shape index (κ2) is 5.69. The topological polar surface area (TPSA) is 55.6 Å². The van der Waals surface area contributed by atoms with Crippen LogP contribution in [0.5, 0.6) is 0 Å². The third-order valence-electron chi connectivity index (χ3n) is 3.27. The summed E-state index contributed by atoms with van der Waals surface area (Å²) in [7, 11) is 1.57. The van der Waals surface area contributed by atoms with Crippen LogP contribution in [0.4, 0.5) is 5.69 Å². The van der Waals surface area contributed by atoms with Gasteiger partial charge in [-0.2, -0.15) is 0 Å². The molecule has 1 aromatic carbocycles. The van der Waals surface area contributed by atoms with Crippen molar-refractivity contribution in [2.75, 3.05) is 25.1 Å². The Kier molecular flexibility index (Phi) is 4.22. The van der Waals surface area contributed by atoms with Crippen molar-refractivity contribution in [3.63, 3.8) is 0 Å². The fourth-order valence-electron chi connectivity index (χ4n) is 2.22. The first-order chi connectivity index (χ1) is 8.67. The number of halogens is 1. The van der Waals surface area contributed by atoms with Gasteiger partial charge in [0.1, 0.15) is 0 Å². The molecule has 0 radical (unpaired) electrons. The number of anilines is 1. The summed E-state index contributed by atoms with van der Waals surface area (Å²) in [4.78, 5) is 14.0. The highest BCUT2D eigenvalue weighted by atomic mass is 35.5. The van der Waals surface area contributed by atoms with Gasteiger partial charge in [-0.1, -0.05) is 17.7 Å². The maximum atomic E-state index is 12.2. The molecule has 1 heterocycles. The van der Waals surface area contributed by atoms with Crippen LogP contribution >= 0.6 is 11.6 Å². The van der Waals surface area contributed by atoms with Crippen molar-refractivity contribution in [3.8, 4) is 0 Å². The first-order valence-corrected chi connectivity index (χ1v) is 6.35. The lowest BCUT2D eigenvalue weighted by Crippen LogP contribution is -2.35. The summed E-state index contributed by atoms with van der Waals surface area (Å²) < 4.78 is 5.14. The van der Waals surface area contributed by atoms with Gasteiger partial charge >= 0.3 is 0 Å². The van der Waals surface area contributed by atoms with Crippen molar-refractivity contribution >= 4 is 23.2 Å². The van der Waals surface area contributed by atoms with E-state index >= 15 is 0 Å². The molecule has 0 bridgehead atoms. The summed E-state index contributed by atoms with van der Waals surface area (Å²) in [5.74, 6) is 0.0355. The van der Waals surface area contributed by atoms with E-state index in [1.807, 2.05) is 18.2 Å². The Morgan fingerprint density at radius 2 is 2.39 bits per heavy atom. The molecule has 2 N–H and O–H groups in total. The van der Waals surface area contributed by atoms with Crippen molar-refractivity contribution in [3.05, 3.63) is 28.8 Å². The van der Waals surface area contributed by atoms with Crippen LogP contribution in [-0.4, -0.2) is 32.2 Å². The van der Waals surface area contributed by atoms with Gasteiger partial charge in [0.25, 0.3) is 0 Å². The maximum absolute atomic E-state index is 12.2. The second-order valence-electron chi connectivity index (χ2n) is 4.33. The van der Waals surface area contributed by atoms with Crippen molar-refractivity contribution in [2.45, 2.75) is 18.9 Å². The number of carbonyl (C=O) groups excluding carboxylic acids is 1. The first kappa shape index (κ1) is 13.3. The Hall–Kier alpha value is -1.10. The second-order valence-corrected chi connectivity index (χ2v) is 4.74. The van der Waals surface area contributed by atoms with Crippen LogP contribution in [0.3, 0.4) is 0 Å². The molecule has 1 aromatic rings. The molecule has 1 amide bonds. The van der Waals surface area contributed by atoms with Crippen LogP contribution < -0.4 is 10.6 Å². The number of benzene rings is 1. The van der Waals surface area contributed by atoms with Gasteiger partial charge in [-0.3, -0.25) is 4.79 Å². The molecule has 1 unspecified atom stereocenters. The number of hydrogen-bond donors (Lipinski definition) is 1. The molecule has 0 aliphatic carbocycles. The molecule has 98 valence electrons. The molecular formula is C13H17ClN2O2. The molecule has 0 aromatic heterocycles. The average Bonchev–Trinajstić information content (AvgIpc) is 2.81. The highest BCUT2D eigenvalue weighted by Crippen LogP contribution is 2.33. The Bertz CT molecular complexity index is 447. The van der Waals surface area contributed by atoms with Crippen molar-refractivity contribution in [1.29, 1.82) is 0 Å². The smallest absolute Gasteiger partial charge is 0.229 e. The number of amides is 1. The van der Waals surface area contributed by atoms with Crippen molar-refractivity contribution in [2.24, 2.45) is 5.73 Å². The molecular weight excluding hydrogens is 252 g/mol. The van der Waals surface area contributed by atoms with Gasteiger partial charge in [0.15, 0.2) is 0 Å². The van der Waals surface area contributed by atoms with E-state index in [9.17, 15) is 4.79 Å². The van der Waals surface area contributed by atoms with Crippen LogP contribution in [0.1, 0.15) is 12.0 Å². The normalized spacial score (nSPS) is 15.6. The predicted molar refractivity (Wildman–Crippen MR) is 72.0 cm³/mol. The van der Waals surface area contributed by atoms with Gasteiger partial charge in [0, 0.05) is 30.9 Å². The minimum atomic E-state index is -0.222. The summed E-state index contributed by atoms with van der Waals surface area (Å²) in [5, 5.41) is 0.727. The van der Waals surface area contributed by atoms with E-state index in [-0.39, 0.29) is 12.0 Å². The summed E-state index contributed by atoms with van der Waals surface area (Å²) in [6.07, 6.45) is 0.890. The van der Waals surface area contributed by atoms with Crippen LogP contribution in [0, 0.1) is 0 Å². The Morgan fingerprint density at radius 1 is 1.61 bits per heavy atom. The quantitative estimate of drug-likeness (QED) is 0.902. The van der Waals surface area contributed by atoms with Gasteiger partial charge in [0.2, 0.25) is 5.91 Å². The lowest BCUT2D eigenvalue weighted by molar-refractivity contribution is -0.120. The molecule has 1 atom stereocenters. The number of rotatable bonds is 4. The zero-order valence-corrected chi connectivity index (χ0v) is 11.1. The first-order valence-electron chi connectivity index (χ1n) is 5.98. The third-order valence-corrected chi connectivity index (χ3v) is 3.62. The lowest BCUT2D eigenvalue weighted by atomic mass is 10.1. The SMILES string of the molecule is COC(CN)CC(=O)N1CCc2c(Cl)cccc21. The lowest BCUT2D eigenvalue weighted by Gasteiger charge is -2.20. The van der Waals surface area contributed by atoms with Gasteiger partial charge < -0.3 is 15.4 Å². The standard InChI is InChI=1S/C13H17ClN2O2/c1-18-9(8-15)7-13(17)16-6-5-10-11(14)3-2-4-12(10)16/h2-4,9H,5-8,15H2,1H3. The summed E-state index contributed by atoms with van der Waals surface area (Å²) in [6, 6.07) is 5.64. The molecule has 4 nitrogen and oxygen atoms in total. The maximum Gasteiger partial charge on any atom is 0.229 e. The molecule has 5 heteroatoms. The van der Waals surface area contributed by atoms with Gasteiger partial charge in [0.05, 0.1) is 12.5 Å². The largest absolute Gasteiger partial charge is 0.380 e. The number of ether oxygens (including phenoxy) is 1. The number of nitrogens with zero attached hydrogens (tertiary/aromatic N) is 1. The minimum absolute atomic E-state index is 0.0355. The fraction of sp³-hybridized carbons (Fsp3) is 0.462. The van der Waals surface area contributed by atoms with Gasteiger partial charge in [-0.05, 0) is 24.1 Å². The van der Waals surface area contributed by atoms with Gasteiger partial charge in [-0.25, -0.2) is 0 Å². The fourth-order valence-corrected chi connectivity index (χ4v) is 2.48.